The fourth-order valence-corrected chi connectivity index (χ4v) is 1.59. The normalized spacial score (nSPS) is 22.0. The molecule has 1 saturated heterocycles. The number of aliphatic imine (C=N–C) groups is 1. The van der Waals surface area contributed by atoms with Crippen molar-refractivity contribution in [2.24, 2.45) is 4.99 Å². The van der Waals surface area contributed by atoms with Crippen LogP contribution in [-0.4, -0.2) is 18.4 Å². The molecule has 0 aromatic heterocycles. The van der Waals surface area contributed by atoms with Gasteiger partial charge in [-0.3, -0.25) is 15.1 Å². The Morgan fingerprint density at radius 3 is 3.00 bits per heavy atom. The molecular formula is C11H12FN3O. The predicted molar refractivity (Wildman–Crippen MR) is 58.4 cm³/mol. The molecule has 1 aromatic rings. The van der Waals surface area contributed by atoms with Gasteiger partial charge in [-0.25, -0.2) is 4.39 Å². The minimum atomic E-state index is -0.555. The molecule has 1 unspecified atom stereocenters. The van der Waals surface area contributed by atoms with Crippen LogP contribution in [0.5, 0.6) is 0 Å². The van der Waals surface area contributed by atoms with E-state index >= 15 is 0 Å². The molecular weight excluding hydrogens is 209 g/mol. The topological polar surface area (TPSA) is 53.5 Å². The zero-order valence-electron chi connectivity index (χ0n) is 8.83. The Labute approximate surface area is 92.6 Å². The molecule has 2 N–H and O–H groups in total. The molecule has 1 atom stereocenters. The number of halogens is 1. The summed E-state index contributed by atoms with van der Waals surface area (Å²) in [6, 6.07) is 5.41. The quantitative estimate of drug-likeness (QED) is 0.781. The summed E-state index contributed by atoms with van der Waals surface area (Å²) >= 11 is 0. The van der Waals surface area contributed by atoms with Crippen LogP contribution in [0.2, 0.25) is 0 Å². The van der Waals surface area contributed by atoms with Gasteiger partial charge in [0.2, 0.25) is 0 Å². The predicted octanol–water partition coefficient (Wildman–Crippen LogP) is 0.962. The molecule has 84 valence electrons. The van der Waals surface area contributed by atoms with Crippen molar-refractivity contribution in [3.63, 3.8) is 0 Å². The molecule has 0 bridgehead atoms. The molecule has 0 aliphatic carbocycles. The van der Waals surface area contributed by atoms with Gasteiger partial charge in [0.05, 0.1) is 0 Å². The largest absolute Gasteiger partial charge is 0.340 e. The number of carbonyl (C=O) groups excluding carboxylic acids is 1. The number of amides is 1. The average Bonchev–Trinajstić information content (AvgIpc) is 2.60. The first-order valence-electron chi connectivity index (χ1n) is 5.08. The zero-order chi connectivity index (χ0) is 11.5. The Balaban J connectivity index is 2.23. The van der Waals surface area contributed by atoms with Crippen molar-refractivity contribution in [3.8, 4) is 0 Å². The highest BCUT2D eigenvalue weighted by Crippen LogP contribution is 2.17. The van der Waals surface area contributed by atoms with Gasteiger partial charge in [-0.1, -0.05) is 12.1 Å². The maximum absolute atomic E-state index is 13.0. The lowest BCUT2D eigenvalue weighted by atomic mass is 10.1. The molecule has 0 radical (unpaired) electrons. The lowest BCUT2D eigenvalue weighted by Gasteiger charge is -2.07. The van der Waals surface area contributed by atoms with Crippen molar-refractivity contribution >= 4 is 11.9 Å². The summed E-state index contributed by atoms with van der Waals surface area (Å²) in [4.78, 5) is 15.6. The van der Waals surface area contributed by atoms with Gasteiger partial charge in [0.25, 0.3) is 5.91 Å². The maximum Gasteiger partial charge on any atom is 0.253 e. The number of nitrogens with zero attached hydrogens (tertiary/aromatic N) is 1. The number of benzene rings is 1. The molecule has 1 fully saturated rings. The van der Waals surface area contributed by atoms with Crippen LogP contribution in [0, 0.1) is 5.82 Å². The first kappa shape index (κ1) is 10.6. The van der Waals surface area contributed by atoms with E-state index in [1.54, 1.807) is 12.1 Å². The summed E-state index contributed by atoms with van der Waals surface area (Å²) in [5.74, 6) is -0.118. The summed E-state index contributed by atoms with van der Waals surface area (Å²) in [5.41, 5.74) is 0.596. The second kappa shape index (κ2) is 4.30. The Hall–Kier alpha value is -1.91. The highest BCUT2D eigenvalue weighted by Gasteiger charge is 2.29. The minimum Gasteiger partial charge on any atom is -0.340 e. The monoisotopic (exact) mass is 221 g/mol. The summed E-state index contributed by atoms with van der Waals surface area (Å²) in [7, 11) is 0. The van der Waals surface area contributed by atoms with Crippen LogP contribution in [0.15, 0.2) is 29.3 Å². The van der Waals surface area contributed by atoms with E-state index in [9.17, 15) is 9.18 Å². The Morgan fingerprint density at radius 2 is 2.31 bits per heavy atom. The Kier molecular flexibility index (Phi) is 2.85. The van der Waals surface area contributed by atoms with Crippen LogP contribution in [0.4, 0.5) is 4.39 Å². The smallest absolute Gasteiger partial charge is 0.253 e. The van der Waals surface area contributed by atoms with Crippen molar-refractivity contribution in [3.05, 3.63) is 35.6 Å². The Bertz CT molecular complexity index is 445. The third kappa shape index (κ3) is 2.03. The van der Waals surface area contributed by atoms with E-state index in [4.69, 9.17) is 0 Å². The molecule has 1 aliphatic heterocycles. The van der Waals surface area contributed by atoms with Crippen LogP contribution in [-0.2, 0) is 4.79 Å². The number of nitrogens with one attached hydrogen (secondary N) is 2. The molecule has 1 aliphatic rings. The van der Waals surface area contributed by atoms with E-state index in [1.165, 1.54) is 12.1 Å². The molecule has 0 saturated carbocycles. The molecule has 1 aromatic carbocycles. The summed E-state index contributed by atoms with van der Waals surface area (Å²) in [6.07, 6.45) is 0. The summed E-state index contributed by atoms with van der Waals surface area (Å²) < 4.78 is 13.0. The van der Waals surface area contributed by atoms with E-state index in [0.717, 1.165) is 0 Å². The van der Waals surface area contributed by atoms with Crippen molar-refractivity contribution < 1.29 is 9.18 Å². The SMILES string of the molecule is CCN=C1NC(=O)C(c2cccc(F)c2)N1. The third-order valence-corrected chi connectivity index (χ3v) is 2.28. The second-order valence-corrected chi connectivity index (χ2v) is 3.44. The molecule has 4 nitrogen and oxygen atoms in total. The van der Waals surface area contributed by atoms with Crippen LogP contribution in [0.1, 0.15) is 18.5 Å². The number of carbonyl (C=O) groups is 1. The van der Waals surface area contributed by atoms with Gasteiger partial charge in [-0.15, -0.1) is 0 Å². The van der Waals surface area contributed by atoms with Gasteiger partial charge >= 0.3 is 0 Å². The molecule has 16 heavy (non-hydrogen) atoms. The van der Waals surface area contributed by atoms with Gasteiger partial charge < -0.3 is 5.32 Å². The Morgan fingerprint density at radius 1 is 1.50 bits per heavy atom. The molecule has 1 amide bonds. The molecule has 2 rings (SSSR count). The van der Waals surface area contributed by atoms with Crippen LogP contribution < -0.4 is 10.6 Å². The molecule has 5 heteroatoms. The van der Waals surface area contributed by atoms with Crippen LogP contribution in [0.25, 0.3) is 0 Å². The zero-order valence-corrected chi connectivity index (χ0v) is 8.83. The second-order valence-electron chi connectivity index (χ2n) is 3.44. The van der Waals surface area contributed by atoms with Crippen molar-refractivity contribution in [1.29, 1.82) is 0 Å². The van der Waals surface area contributed by atoms with E-state index < -0.39 is 6.04 Å². The van der Waals surface area contributed by atoms with Gasteiger partial charge in [-0.05, 0) is 24.6 Å². The number of rotatable bonds is 2. The summed E-state index contributed by atoms with van der Waals surface area (Å²) in [5, 5.41) is 5.51. The van der Waals surface area contributed by atoms with Crippen LogP contribution >= 0.6 is 0 Å². The van der Waals surface area contributed by atoms with Crippen molar-refractivity contribution in [1.82, 2.24) is 10.6 Å². The lowest BCUT2D eigenvalue weighted by Crippen LogP contribution is -2.25. The van der Waals surface area contributed by atoms with Gasteiger partial charge in [-0.2, -0.15) is 0 Å². The van der Waals surface area contributed by atoms with E-state index in [2.05, 4.69) is 15.6 Å². The molecule has 1 heterocycles. The van der Waals surface area contributed by atoms with Crippen molar-refractivity contribution in [2.45, 2.75) is 13.0 Å². The number of hydrogen-bond acceptors (Lipinski definition) is 2. The maximum atomic E-state index is 13.0. The number of guanidine groups is 1. The fraction of sp³-hybridized carbons (Fsp3) is 0.273. The summed E-state index contributed by atoms with van der Waals surface area (Å²) in [6.45, 7) is 2.45. The van der Waals surface area contributed by atoms with E-state index in [1.807, 2.05) is 6.92 Å². The number of hydrogen-bond donors (Lipinski definition) is 2. The van der Waals surface area contributed by atoms with E-state index in [0.29, 0.717) is 18.1 Å². The lowest BCUT2D eigenvalue weighted by molar-refractivity contribution is -0.120. The fourth-order valence-electron chi connectivity index (χ4n) is 1.59. The minimum absolute atomic E-state index is 0.210. The van der Waals surface area contributed by atoms with Gasteiger partial charge in [0.15, 0.2) is 5.96 Å². The van der Waals surface area contributed by atoms with Gasteiger partial charge in [0.1, 0.15) is 11.9 Å². The highest BCUT2D eigenvalue weighted by molar-refractivity contribution is 6.06. The third-order valence-electron chi connectivity index (χ3n) is 2.28. The van der Waals surface area contributed by atoms with E-state index in [-0.39, 0.29) is 11.7 Å². The molecule has 0 spiro atoms. The first-order valence-corrected chi connectivity index (χ1v) is 5.08. The van der Waals surface area contributed by atoms with Crippen molar-refractivity contribution in [2.75, 3.05) is 6.54 Å². The average molecular weight is 221 g/mol. The standard InChI is InChI=1S/C11H12FN3O/c1-2-13-11-14-9(10(16)15-11)7-4-3-5-8(12)6-7/h3-6,9H,2H2,1H3,(H2,13,14,15,16). The van der Waals surface area contributed by atoms with Gasteiger partial charge in [0, 0.05) is 6.54 Å². The first-order chi connectivity index (χ1) is 7.70. The van der Waals surface area contributed by atoms with Crippen LogP contribution in [0.3, 0.4) is 0 Å². The highest BCUT2D eigenvalue weighted by atomic mass is 19.1.